The average Bonchev–Trinajstić information content (AvgIpc) is 2.14. The molecule has 84 valence electrons. The highest BCUT2D eigenvalue weighted by molar-refractivity contribution is 5.20. The molecular formula is C11H17NO3. The van der Waals surface area contributed by atoms with E-state index in [-0.39, 0.29) is 6.79 Å². The van der Waals surface area contributed by atoms with Crippen LogP contribution in [0.1, 0.15) is 19.5 Å². The van der Waals surface area contributed by atoms with E-state index in [0.717, 1.165) is 5.69 Å². The number of aromatic nitrogens is 1. The molecule has 1 heterocycles. The van der Waals surface area contributed by atoms with Crippen LogP contribution in [-0.4, -0.2) is 29.6 Å². The van der Waals surface area contributed by atoms with Gasteiger partial charge in [0, 0.05) is 19.2 Å². The molecule has 0 bridgehead atoms. The van der Waals surface area contributed by atoms with E-state index in [1.807, 2.05) is 12.1 Å². The van der Waals surface area contributed by atoms with Crippen LogP contribution in [0.25, 0.3) is 0 Å². The normalized spacial score (nSPS) is 11.5. The Bertz CT molecular complexity index is 290. The fraction of sp³-hybridized carbons (Fsp3) is 0.545. The van der Waals surface area contributed by atoms with Crippen molar-refractivity contribution in [2.75, 3.05) is 13.9 Å². The predicted molar refractivity (Wildman–Crippen MR) is 56.7 cm³/mol. The number of hydrogen-bond donors (Lipinski definition) is 1. The highest BCUT2D eigenvalue weighted by Crippen LogP contribution is 2.13. The molecule has 0 saturated heterocycles. The number of pyridine rings is 1. The minimum atomic E-state index is -0.734. The van der Waals surface area contributed by atoms with E-state index in [2.05, 4.69) is 4.98 Å². The van der Waals surface area contributed by atoms with Crippen molar-refractivity contribution in [2.45, 2.75) is 25.9 Å². The van der Waals surface area contributed by atoms with Crippen molar-refractivity contribution >= 4 is 0 Å². The fourth-order valence-corrected chi connectivity index (χ4v) is 1.17. The molecule has 1 aromatic heterocycles. The van der Waals surface area contributed by atoms with E-state index in [9.17, 15) is 5.11 Å². The van der Waals surface area contributed by atoms with Crippen LogP contribution in [0.2, 0.25) is 0 Å². The molecule has 0 amide bonds. The van der Waals surface area contributed by atoms with Gasteiger partial charge in [0.25, 0.3) is 0 Å². The molecule has 0 radical (unpaired) electrons. The molecule has 0 aliphatic carbocycles. The summed E-state index contributed by atoms with van der Waals surface area (Å²) in [5.74, 6) is 0.663. The first kappa shape index (κ1) is 11.9. The zero-order chi connectivity index (χ0) is 11.3. The van der Waals surface area contributed by atoms with Gasteiger partial charge in [0.2, 0.25) is 0 Å². The quantitative estimate of drug-likeness (QED) is 0.747. The Morgan fingerprint density at radius 1 is 1.40 bits per heavy atom. The summed E-state index contributed by atoms with van der Waals surface area (Å²) in [6.07, 6.45) is 2.15. The summed E-state index contributed by atoms with van der Waals surface area (Å²) in [6.45, 7) is 3.72. The molecule has 1 aromatic rings. The second kappa shape index (κ2) is 5.09. The monoisotopic (exact) mass is 211 g/mol. The molecule has 0 aliphatic heterocycles. The minimum absolute atomic E-state index is 0.215. The standard InChI is InChI=1S/C11H17NO3/c1-11(2,13)6-9-4-5-10(7-12-9)15-8-14-3/h4-5,7,13H,6,8H2,1-3H3. The summed E-state index contributed by atoms with van der Waals surface area (Å²) in [5, 5.41) is 9.59. The number of nitrogens with zero attached hydrogens (tertiary/aromatic N) is 1. The van der Waals surface area contributed by atoms with Gasteiger partial charge >= 0.3 is 0 Å². The third-order valence-corrected chi connectivity index (χ3v) is 1.75. The van der Waals surface area contributed by atoms with Gasteiger partial charge in [-0.15, -0.1) is 0 Å². The largest absolute Gasteiger partial charge is 0.466 e. The van der Waals surface area contributed by atoms with E-state index < -0.39 is 5.60 Å². The first-order chi connectivity index (χ1) is 7.01. The third-order valence-electron chi connectivity index (χ3n) is 1.75. The van der Waals surface area contributed by atoms with E-state index in [1.165, 1.54) is 0 Å². The molecule has 0 fully saturated rings. The summed E-state index contributed by atoms with van der Waals surface area (Å²) >= 11 is 0. The Hall–Kier alpha value is -1.13. The highest BCUT2D eigenvalue weighted by Gasteiger charge is 2.13. The molecule has 0 spiro atoms. The Balaban J connectivity index is 2.56. The Kier molecular flexibility index (Phi) is 4.05. The summed E-state index contributed by atoms with van der Waals surface area (Å²) in [4.78, 5) is 4.18. The van der Waals surface area contributed by atoms with Crippen LogP contribution in [0, 0.1) is 0 Å². The second-order valence-electron chi connectivity index (χ2n) is 4.03. The Morgan fingerprint density at radius 3 is 2.60 bits per heavy atom. The molecule has 0 aliphatic rings. The van der Waals surface area contributed by atoms with Crippen LogP contribution < -0.4 is 4.74 Å². The van der Waals surface area contributed by atoms with Gasteiger partial charge in [0.05, 0.1) is 11.8 Å². The van der Waals surface area contributed by atoms with Crippen LogP contribution in [0.5, 0.6) is 5.75 Å². The zero-order valence-electron chi connectivity index (χ0n) is 9.36. The maximum Gasteiger partial charge on any atom is 0.188 e. The van der Waals surface area contributed by atoms with Crippen molar-refractivity contribution in [1.29, 1.82) is 0 Å². The van der Waals surface area contributed by atoms with Crippen LogP contribution >= 0.6 is 0 Å². The summed E-state index contributed by atoms with van der Waals surface area (Å²) in [6, 6.07) is 3.65. The molecule has 1 N–H and O–H groups in total. The van der Waals surface area contributed by atoms with Crippen LogP contribution in [-0.2, 0) is 11.2 Å². The van der Waals surface area contributed by atoms with Gasteiger partial charge in [-0.1, -0.05) is 0 Å². The second-order valence-corrected chi connectivity index (χ2v) is 4.03. The number of aliphatic hydroxyl groups is 1. The summed E-state index contributed by atoms with van der Waals surface area (Å²) in [7, 11) is 1.57. The fourth-order valence-electron chi connectivity index (χ4n) is 1.17. The van der Waals surface area contributed by atoms with E-state index in [0.29, 0.717) is 12.2 Å². The van der Waals surface area contributed by atoms with Crippen molar-refractivity contribution in [2.24, 2.45) is 0 Å². The van der Waals surface area contributed by atoms with Gasteiger partial charge in [-0.05, 0) is 26.0 Å². The lowest BCUT2D eigenvalue weighted by molar-refractivity contribution is 0.0507. The molecule has 4 nitrogen and oxygen atoms in total. The maximum atomic E-state index is 9.59. The molecule has 1 rings (SSSR count). The molecule has 0 saturated carbocycles. The number of rotatable bonds is 5. The molecule has 15 heavy (non-hydrogen) atoms. The van der Waals surface area contributed by atoms with Crippen LogP contribution in [0.4, 0.5) is 0 Å². The number of hydrogen-bond acceptors (Lipinski definition) is 4. The van der Waals surface area contributed by atoms with Gasteiger partial charge < -0.3 is 14.6 Å². The van der Waals surface area contributed by atoms with Crippen LogP contribution in [0.3, 0.4) is 0 Å². The molecule has 0 unspecified atom stereocenters. The number of methoxy groups -OCH3 is 1. The van der Waals surface area contributed by atoms with Gasteiger partial charge in [-0.25, -0.2) is 0 Å². The molecule has 4 heteroatoms. The average molecular weight is 211 g/mol. The lowest BCUT2D eigenvalue weighted by Crippen LogP contribution is -2.22. The first-order valence-electron chi connectivity index (χ1n) is 4.80. The smallest absolute Gasteiger partial charge is 0.188 e. The summed E-state index contributed by atoms with van der Waals surface area (Å²) < 4.78 is 9.96. The van der Waals surface area contributed by atoms with E-state index in [4.69, 9.17) is 9.47 Å². The van der Waals surface area contributed by atoms with Gasteiger partial charge in [-0.3, -0.25) is 4.98 Å². The number of ether oxygens (including phenoxy) is 2. The van der Waals surface area contributed by atoms with E-state index >= 15 is 0 Å². The Morgan fingerprint density at radius 2 is 2.13 bits per heavy atom. The van der Waals surface area contributed by atoms with Crippen LogP contribution in [0.15, 0.2) is 18.3 Å². The summed E-state index contributed by atoms with van der Waals surface area (Å²) in [5.41, 5.74) is 0.106. The topological polar surface area (TPSA) is 51.6 Å². The highest BCUT2D eigenvalue weighted by atomic mass is 16.7. The SMILES string of the molecule is COCOc1ccc(CC(C)(C)O)nc1. The first-order valence-corrected chi connectivity index (χ1v) is 4.80. The van der Waals surface area contributed by atoms with Crippen molar-refractivity contribution in [1.82, 2.24) is 4.98 Å². The van der Waals surface area contributed by atoms with Crippen molar-refractivity contribution < 1.29 is 14.6 Å². The molecule has 0 atom stereocenters. The Labute approximate surface area is 89.9 Å². The van der Waals surface area contributed by atoms with Gasteiger partial charge in [0.1, 0.15) is 5.75 Å². The molecular weight excluding hydrogens is 194 g/mol. The minimum Gasteiger partial charge on any atom is -0.466 e. The predicted octanol–water partition coefficient (Wildman–Crippen LogP) is 1.38. The maximum absolute atomic E-state index is 9.59. The lowest BCUT2D eigenvalue weighted by Gasteiger charge is -2.16. The van der Waals surface area contributed by atoms with Gasteiger partial charge in [0.15, 0.2) is 6.79 Å². The van der Waals surface area contributed by atoms with Crippen molar-refractivity contribution in [3.05, 3.63) is 24.0 Å². The zero-order valence-corrected chi connectivity index (χ0v) is 9.36. The van der Waals surface area contributed by atoms with Crippen molar-refractivity contribution in [3.8, 4) is 5.75 Å². The van der Waals surface area contributed by atoms with Gasteiger partial charge in [-0.2, -0.15) is 0 Å². The molecule has 0 aromatic carbocycles. The van der Waals surface area contributed by atoms with Crippen molar-refractivity contribution in [3.63, 3.8) is 0 Å². The van der Waals surface area contributed by atoms with E-state index in [1.54, 1.807) is 27.2 Å². The lowest BCUT2D eigenvalue weighted by atomic mass is 10.0. The third kappa shape index (κ3) is 4.76.